The Morgan fingerprint density at radius 1 is 0.473 bits per heavy atom. The molecule has 5 aliphatic heterocycles. The maximum Gasteiger partial charge on any atom is 1.00 e. The molecule has 5 heterocycles. The van der Waals surface area contributed by atoms with E-state index >= 15 is 0 Å². The number of hydrogen-bond acceptors (Lipinski definition) is 35. The van der Waals surface area contributed by atoms with E-state index in [1.165, 1.54) is 132 Å². The number of methoxy groups -OCH3 is 2. The Morgan fingerprint density at radius 3 is 1.01 bits per heavy atom. The third-order valence-electron chi connectivity index (χ3n) is 22.4. The molecule has 813 valence electrons. The Bertz CT molecular complexity index is 4960. The minimum Gasteiger partial charge on any atom is -1.00 e. The third kappa shape index (κ3) is 60.7. The van der Waals surface area contributed by atoms with E-state index in [9.17, 15) is 94.2 Å². The van der Waals surface area contributed by atoms with Crippen molar-refractivity contribution in [2.45, 2.75) is 192 Å². The van der Waals surface area contributed by atoms with Gasteiger partial charge < -0.3 is 73.7 Å². The number of non-ortho nitro benzene ring substituents is 6. The zero-order chi connectivity index (χ0) is 110. The predicted molar refractivity (Wildman–Crippen MR) is 551 cm³/mol. The van der Waals surface area contributed by atoms with Crippen molar-refractivity contribution in [1.82, 2.24) is 15.1 Å². The zero-order valence-corrected chi connectivity index (χ0v) is 95.8. The number of nitro benzene ring substituents is 6. The summed E-state index contributed by atoms with van der Waals surface area (Å²) in [5, 5.41) is 90.6. The van der Waals surface area contributed by atoms with Crippen LogP contribution in [0.2, 0.25) is 0 Å². The fourth-order valence-electron chi connectivity index (χ4n) is 12.7. The number of nitrogens with one attached hydrogen (secondary N) is 1. The number of anilines is 1. The molecule has 5 saturated heterocycles. The van der Waals surface area contributed by atoms with Crippen LogP contribution in [0.15, 0.2) is 170 Å². The maximum atomic E-state index is 11.5. The summed E-state index contributed by atoms with van der Waals surface area (Å²) in [7, 11) is 7.95. The van der Waals surface area contributed by atoms with E-state index in [4.69, 9.17) is 44.7 Å². The first kappa shape index (κ1) is 144. The number of hydrogen-bond donors (Lipinski definition) is 5. The number of aliphatic hydroxyl groups is 2. The first-order chi connectivity index (χ1) is 68.3. The quantitative estimate of drug-likeness (QED) is 0.00421. The van der Waals surface area contributed by atoms with E-state index in [1.54, 1.807) is 81.4 Å². The first-order valence-corrected chi connectivity index (χ1v) is 49.7. The summed E-state index contributed by atoms with van der Waals surface area (Å²) < 4.78 is 39.6. The number of halogens is 2. The second kappa shape index (κ2) is 79.0. The van der Waals surface area contributed by atoms with E-state index in [0.717, 1.165) is 174 Å². The zero-order valence-electron chi connectivity index (χ0n) is 89.9. The van der Waals surface area contributed by atoms with E-state index in [-0.39, 0.29) is 152 Å². The van der Waals surface area contributed by atoms with Gasteiger partial charge in [0, 0.05) is 171 Å². The minimum absolute atomic E-state index is 0. The smallest absolute Gasteiger partial charge is 1.00 e. The fourth-order valence-corrected chi connectivity index (χ4v) is 14.4. The molecule has 0 bridgehead atoms. The second-order valence-electron chi connectivity index (χ2n) is 35.5. The average molecular weight is 2230 g/mol. The number of nitro groups is 6. The number of aldehydes is 1. The Morgan fingerprint density at radius 2 is 0.770 bits per heavy atom. The number of rotatable bonds is 26. The van der Waals surface area contributed by atoms with Crippen molar-refractivity contribution < 1.29 is 208 Å². The molecular weight excluding hydrogens is 2080 g/mol. The molecule has 3 atom stereocenters. The van der Waals surface area contributed by atoms with Crippen LogP contribution in [0.1, 0.15) is 201 Å². The monoisotopic (exact) mass is 2230 g/mol. The number of nitrogen functional groups attached to an aromatic ring is 1. The Hall–Kier alpha value is -10.1. The van der Waals surface area contributed by atoms with Gasteiger partial charge in [0.05, 0.1) is 107 Å². The van der Waals surface area contributed by atoms with Crippen molar-refractivity contribution >= 4 is 102 Å². The van der Waals surface area contributed by atoms with Crippen molar-refractivity contribution in [2.24, 2.45) is 0 Å². The number of nitrogens with zero attached hydrogens (tertiary/aromatic N) is 8. The van der Waals surface area contributed by atoms with Gasteiger partial charge in [-0.3, -0.25) is 89.7 Å². The normalized spacial score (nSPS) is 14.2. The number of carbonyl (C=O) groups excluding carboxylic acids is 6. The molecular formula is C101H147BClIN10Na2O32-. The summed E-state index contributed by atoms with van der Waals surface area (Å²) >= 11 is 0.382. The van der Waals surface area contributed by atoms with Gasteiger partial charge in [0.15, 0.2) is 0 Å². The van der Waals surface area contributed by atoms with Crippen LogP contribution in [-0.2, 0) is 108 Å². The van der Waals surface area contributed by atoms with Crippen LogP contribution in [0.25, 0.3) is 0 Å². The second-order valence-corrected chi connectivity index (χ2v) is 38.1. The van der Waals surface area contributed by atoms with Crippen LogP contribution in [0.3, 0.4) is 0 Å². The van der Waals surface area contributed by atoms with Crippen molar-refractivity contribution in [1.29, 1.82) is 0 Å². The number of morpholine rings is 3. The van der Waals surface area contributed by atoms with Crippen LogP contribution >= 0.6 is 12.4 Å². The predicted octanol–water partition coefficient (Wildman–Crippen LogP) is 6.95. The van der Waals surface area contributed by atoms with Gasteiger partial charge in [0.2, 0.25) is 5.97 Å². The molecule has 12 rings (SSSR count). The molecule has 5 aliphatic rings. The van der Waals surface area contributed by atoms with Gasteiger partial charge >= 0.3 is 143 Å². The molecule has 7 aromatic rings. The number of carboxylic acids is 1. The summed E-state index contributed by atoms with van der Waals surface area (Å²) in [5.41, 5.74) is 11.9. The molecule has 0 aliphatic carbocycles. The number of esters is 2. The van der Waals surface area contributed by atoms with Gasteiger partial charge in [-0.05, 0) is 134 Å². The largest absolute Gasteiger partial charge is 1.00 e. The van der Waals surface area contributed by atoms with E-state index in [1.807, 2.05) is 52.0 Å². The molecule has 148 heavy (non-hydrogen) atoms. The molecule has 3 unspecified atom stereocenters. The molecule has 0 spiro atoms. The summed E-state index contributed by atoms with van der Waals surface area (Å²) in [5.74, 6) is -4.47. The van der Waals surface area contributed by atoms with Crippen molar-refractivity contribution in [3.05, 3.63) is 269 Å². The molecule has 7 aromatic carbocycles. The summed E-state index contributed by atoms with van der Waals surface area (Å²) in [6, 6.07) is 45.0. The van der Waals surface area contributed by atoms with Crippen molar-refractivity contribution in [3.8, 4) is 0 Å². The van der Waals surface area contributed by atoms with Gasteiger partial charge in [-0.15, -0.1) is 12.4 Å². The molecule has 0 amide bonds. The number of carbonyl (C=O) groups is 7. The van der Waals surface area contributed by atoms with Gasteiger partial charge in [-0.2, -0.15) is 0 Å². The van der Waals surface area contributed by atoms with Gasteiger partial charge in [-0.25, -0.2) is 19.4 Å². The van der Waals surface area contributed by atoms with Crippen LogP contribution < -0.4 is 91.4 Å². The maximum absolute atomic E-state index is 11.5. The van der Waals surface area contributed by atoms with Crippen LogP contribution in [0.4, 0.5) is 39.8 Å². The summed E-state index contributed by atoms with van der Waals surface area (Å²) in [6.07, 6.45) is 8.66. The molecule has 42 nitrogen and oxygen atoms in total. The molecule has 5 fully saturated rings. The number of alkyl halides is 2. The third-order valence-corrected chi connectivity index (χ3v) is 24.8. The standard InChI is InChI=1S/C15H22N2O3.C15H24N2O.C11H13NO4.C11H13NO3.C10H11NO4.C10H13NO3.C9H9NO4.C5H10IO.C4H9NO.C4H6O4.C4H8O.C2H3BO2.CH4O.ClH.2Na.H/c1-15(2,7-8-16-9-11-20-12-10-16)13-3-5-14(6-4-13)17(18)19;1-15(2,13-3-5-14(16)6-4-13)7-8-17-9-11-18-12-10-17;1-11(2,10(13)16-3)8-4-6-9(7-5-8)12(14)15;1-11(2,7-8-13)9-3-5-10(6-4-9)12(14)15;1-7(10(12)15-2)8-3-5-9(6-4-8)11(13)14;1-10(2,7-12)8-3-5-9(6-4-8)11(13)14;1-6(9(11)12)7-2-4-8(5-3-7)10(13)14;1-6-5-3-2-4-7-5;1-3-6-4-2-5-1;1-3(5)7-8-4(2)6;1-2-4-5-3-1;1-2(4)5-3;1-2;;;;/h3-6H,7-12H2,1-2H3;3-6H,7-12,16H2,1-2H3;4-7H,1-3H3;3-6,8H,7H2,1-2H3;3-7H,1-2H3;3-6,12H,7H2,1-2H3;2-6H,1H3,(H,11,12);5H,2-4H2,1H3;5H,1-4H2;1-2H3;1-4H2;1H3;2H,1H3;1H;;;/q;;;;;;;-1;;;;-1;;;2*+1;-1. The molecule has 3 radical (unpaired) electrons. The number of aliphatic hydroxyl groups excluding tert-OH is 2. The Labute approximate surface area is 929 Å². The SMILES string of the molecule is C1CCOC1.C1COCCN1.CC(=O)OOC(C)=O.CC(C(=O)O)c1ccc([N+](=O)[O-])cc1.CC(C)(CC=O)c1ccc([N+](=O)[O-])cc1.CC(C)(CCN1CCOCC1)c1ccc(N)cc1.CC(C)(CCN1CCOCC1)c1ccc([N+](=O)[O-])cc1.CC(C)(CO)c1ccc([N+](=O)[O-])cc1.CO.COC(=O)C(C)(C)c1ccc([N+](=O)[O-])cc1.COC(=O)C(C)c1ccc([N+](=O)[O-])cc1.C[I-]C1CCCO1.Cl.[B-]OC(C)=O.[H-].[Na+].[Na+]. The number of ether oxygens (including phenoxy) is 7. The number of benzene rings is 7. The minimum atomic E-state index is -0.946. The van der Waals surface area contributed by atoms with E-state index < -0.39 is 65.7 Å². The number of nitrogens with two attached hydrogens (primary N) is 1. The Balaban J connectivity index is -0.000000513. The number of carboxylic acid groups (broad SMARTS) is 1. The average Bonchev–Trinajstić information content (AvgIpc) is 1.06. The molecule has 0 aromatic heterocycles. The Kier molecular flexibility index (Phi) is 77.0. The molecule has 0 saturated carbocycles. The van der Waals surface area contributed by atoms with Gasteiger partial charge in [0.1, 0.15) is 6.29 Å². The van der Waals surface area contributed by atoms with Crippen LogP contribution in [0, 0.1) is 60.7 Å². The van der Waals surface area contributed by atoms with Crippen molar-refractivity contribution in [3.63, 3.8) is 0 Å². The molecule has 6 N–H and O–H groups in total. The number of aliphatic carboxylic acids is 1. The molecule has 47 heteroatoms. The van der Waals surface area contributed by atoms with Gasteiger partial charge in [0.25, 0.3) is 34.1 Å². The van der Waals surface area contributed by atoms with E-state index in [0.29, 0.717) is 48.4 Å². The first-order valence-electron chi connectivity index (χ1n) is 46.3. The van der Waals surface area contributed by atoms with Crippen LogP contribution in [-0.4, -0.2) is 254 Å². The fraction of sp³-hybridized carbons (Fsp3) is 0.515. The summed E-state index contributed by atoms with van der Waals surface area (Å²) in [4.78, 5) is 148. The topological polar surface area (TPSA) is 576 Å². The van der Waals surface area contributed by atoms with Crippen LogP contribution in [0.5, 0.6) is 0 Å². The van der Waals surface area contributed by atoms with E-state index in [2.05, 4.69) is 91.8 Å². The van der Waals surface area contributed by atoms with Gasteiger partial charge in [-0.1, -0.05) is 140 Å². The summed E-state index contributed by atoms with van der Waals surface area (Å²) in [6.45, 7) is 43.3. The van der Waals surface area contributed by atoms with Crippen molar-refractivity contribution in [2.75, 3.05) is 150 Å².